The Labute approximate surface area is 300 Å². The number of nitrogens with one attached hydrogen (secondary N) is 1. The molecular weight excluding hydrogens is 643 g/mol. The molecule has 8 aromatic rings. The Bertz CT molecular complexity index is 2680. The Morgan fingerprint density at radius 1 is 0.627 bits per heavy atom. The van der Waals surface area contributed by atoms with Gasteiger partial charge in [0.15, 0.2) is 0 Å². The summed E-state index contributed by atoms with van der Waals surface area (Å²) >= 11 is 1.87. The molecule has 3 aliphatic rings. The molecule has 11 rings (SSSR count). The molecule has 0 amide bonds. The van der Waals surface area contributed by atoms with E-state index in [0.29, 0.717) is 0 Å². The molecule has 1 spiro atoms. The van der Waals surface area contributed by atoms with Crippen molar-refractivity contribution in [1.82, 2.24) is 0 Å². The summed E-state index contributed by atoms with van der Waals surface area (Å²) in [6.07, 6.45) is 1.82. The number of nitrogen functional groups attached to an aromatic ring is 1. The van der Waals surface area contributed by atoms with Crippen LogP contribution < -0.4 is 16.0 Å². The van der Waals surface area contributed by atoms with Gasteiger partial charge in [-0.3, -0.25) is 0 Å². The summed E-state index contributed by atoms with van der Waals surface area (Å²) in [5.74, 6) is 0. The van der Waals surface area contributed by atoms with Crippen molar-refractivity contribution in [2.24, 2.45) is 0 Å². The first-order chi connectivity index (χ1) is 25.2. The van der Waals surface area contributed by atoms with Crippen molar-refractivity contribution >= 4 is 45.5 Å². The van der Waals surface area contributed by atoms with Crippen molar-refractivity contribution in [2.75, 3.05) is 16.0 Å². The van der Waals surface area contributed by atoms with Gasteiger partial charge in [0.25, 0.3) is 0 Å². The summed E-state index contributed by atoms with van der Waals surface area (Å²) in [6.45, 7) is 0. The van der Waals surface area contributed by atoms with E-state index >= 15 is 0 Å². The van der Waals surface area contributed by atoms with Crippen molar-refractivity contribution in [3.63, 3.8) is 0 Å². The molecule has 242 valence electrons. The van der Waals surface area contributed by atoms with Gasteiger partial charge >= 0.3 is 0 Å². The summed E-state index contributed by atoms with van der Waals surface area (Å²) in [4.78, 5) is 4.98. The van der Waals surface area contributed by atoms with Gasteiger partial charge in [-0.2, -0.15) is 0 Å². The minimum Gasteiger partial charge on any atom is -0.464 e. The van der Waals surface area contributed by atoms with Gasteiger partial charge in [-0.15, -0.1) is 0 Å². The van der Waals surface area contributed by atoms with Gasteiger partial charge in [0.1, 0.15) is 11.7 Å². The van der Waals surface area contributed by atoms with E-state index in [1.54, 1.807) is 0 Å². The molecule has 2 atom stereocenters. The number of hydrogen-bond acceptors (Lipinski definition) is 5. The van der Waals surface area contributed by atoms with Crippen LogP contribution in [0.5, 0.6) is 0 Å². The van der Waals surface area contributed by atoms with E-state index in [2.05, 4.69) is 156 Å². The largest absolute Gasteiger partial charge is 0.464 e. The fraction of sp³-hybridized carbons (Fsp3) is 0.0435. The van der Waals surface area contributed by atoms with Crippen LogP contribution in [0, 0.1) is 0 Å². The molecule has 3 heterocycles. The zero-order valence-electron chi connectivity index (χ0n) is 27.5. The van der Waals surface area contributed by atoms with Gasteiger partial charge in [0.2, 0.25) is 0 Å². The third-order valence-corrected chi connectivity index (χ3v) is 12.1. The van der Waals surface area contributed by atoms with Gasteiger partial charge in [-0.1, -0.05) is 109 Å². The first-order valence-corrected chi connectivity index (χ1v) is 18.1. The van der Waals surface area contributed by atoms with Crippen LogP contribution in [-0.2, 0) is 5.41 Å². The lowest BCUT2D eigenvalue weighted by Crippen LogP contribution is -2.32. The number of fused-ring (bicyclic) bond motifs is 12. The van der Waals surface area contributed by atoms with E-state index in [1.165, 1.54) is 54.4 Å². The normalized spacial score (nSPS) is 17.8. The number of hydrogen-bond donors (Lipinski definition) is 2. The molecule has 7 aromatic carbocycles. The third-order valence-electron chi connectivity index (χ3n) is 10.9. The maximum atomic E-state index is 6.31. The summed E-state index contributed by atoms with van der Waals surface area (Å²) in [7, 11) is 0. The van der Waals surface area contributed by atoms with E-state index in [9.17, 15) is 0 Å². The van der Waals surface area contributed by atoms with Gasteiger partial charge in [-0.25, -0.2) is 0 Å². The lowest BCUT2D eigenvalue weighted by Gasteiger charge is -2.40. The van der Waals surface area contributed by atoms with Crippen molar-refractivity contribution in [2.45, 2.75) is 21.4 Å². The number of benzene rings is 7. The number of para-hydroxylation sites is 3. The van der Waals surface area contributed by atoms with Crippen molar-refractivity contribution in [3.8, 4) is 22.3 Å². The van der Waals surface area contributed by atoms with E-state index in [0.717, 1.165) is 39.2 Å². The van der Waals surface area contributed by atoms with Crippen LogP contribution >= 0.6 is 11.8 Å². The Morgan fingerprint density at radius 3 is 2.25 bits per heavy atom. The Hall–Kier alpha value is -6.17. The average Bonchev–Trinajstić information content (AvgIpc) is 3.87. The molecule has 3 N–H and O–H groups in total. The monoisotopic (exact) mass is 673 g/mol. The van der Waals surface area contributed by atoms with Gasteiger partial charge in [0, 0.05) is 32.1 Å². The number of anilines is 4. The van der Waals surface area contributed by atoms with Crippen LogP contribution in [0.2, 0.25) is 0 Å². The fourth-order valence-electron chi connectivity index (χ4n) is 8.85. The summed E-state index contributed by atoms with van der Waals surface area (Å²) in [5, 5.41) is 5.03. The maximum Gasteiger partial charge on any atom is 0.135 e. The molecule has 0 saturated carbocycles. The van der Waals surface area contributed by atoms with Gasteiger partial charge in [0.05, 0.1) is 23.1 Å². The van der Waals surface area contributed by atoms with Gasteiger partial charge in [-0.05, 0) is 105 Å². The second kappa shape index (κ2) is 10.7. The Balaban J connectivity index is 1.20. The van der Waals surface area contributed by atoms with Crippen LogP contribution in [0.1, 0.15) is 34.0 Å². The second-order valence-corrected chi connectivity index (χ2v) is 14.6. The minimum atomic E-state index is -0.536. The number of furan rings is 1. The highest BCUT2D eigenvalue weighted by Crippen LogP contribution is 2.64. The molecule has 51 heavy (non-hydrogen) atoms. The standard InChI is InChI=1S/C46H31N3OS/c47-30-21-18-28(19-22-30)33-27-50-40-24-23-36-43(44(33)40)32-12-4-5-13-34(32)46(36)35-14-6-9-17-41(35)51-42-25-20-29(26-37(42)46)45-48-38-15-7-8-16-39(38)49(45)31-10-2-1-3-11-31/h1-27,45,48H,47H2. The molecule has 0 radical (unpaired) electrons. The van der Waals surface area contributed by atoms with Crippen molar-refractivity contribution < 1.29 is 4.42 Å². The Morgan fingerprint density at radius 2 is 1.37 bits per heavy atom. The smallest absolute Gasteiger partial charge is 0.135 e. The summed E-state index contributed by atoms with van der Waals surface area (Å²) in [5.41, 5.74) is 21.7. The zero-order chi connectivity index (χ0) is 33.7. The Kier molecular flexibility index (Phi) is 5.99. The topological polar surface area (TPSA) is 54.4 Å². The third kappa shape index (κ3) is 3.92. The quantitative estimate of drug-likeness (QED) is 0.183. The summed E-state index contributed by atoms with van der Waals surface area (Å²) < 4.78 is 6.31. The first kappa shape index (κ1) is 28.6. The highest BCUT2D eigenvalue weighted by atomic mass is 32.2. The number of rotatable bonds is 3. The van der Waals surface area contributed by atoms with Crippen molar-refractivity contribution in [1.29, 1.82) is 0 Å². The first-order valence-electron chi connectivity index (χ1n) is 17.3. The van der Waals surface area contributed by atoms with Crippen molar-refractivity contribution in [3.05, 3.63) is 192 Å². The van der Waals surface area contributed by atoms with Gasteiger partial charge < -0.3 is 20.4 Å². The fourth-order valence-corrected chi connectivity index (χ4v) is 10.0. The SMILES string of the molecule is Nc1ccc(-c2coc3ccc4c(c23)-c2ccccc2C42c3ccccc3Sc3ccc(C4Nc5ccccc5N4c4ccccc4)cc32)cc1. The molecule has 5 heteroatoms. The zero-order valence-corrected chi connectivity index (χ0v) is 28.3. The average molecular weight is 674 g/mol. The molecule has 1 aromatic heterocycles. The molecule has 0 fully saturated rings. The highest BCUT2D eigenvalue weighted by Gasteiger charge is 2.51. The second-order valence-electron chi connectivity index (χ2n) is 13.6. The van der Waals surface area contributed by atoms with E-state index in [1.807, 2.05) is 30.2 Å². The lowest BCUT2D eigenvalue weighted by molar-refractivity contribution is 0.616. The maximum absolute atomic E-state index is 6.31. The van der Waals surface area contributed by atoms with Crippen LogP contribution in [-0.4, -0.2) is 0 Å². The predicted molar refractivity (Wildman–Crippen MR) is 209 cm³/mol. The van der Waals surface area contributed by atoms with Crippen LogP contribution in [0.15, 0.2) is 178 Å². The number of nitrogens with two attached hydrogens (primary N) is 1. The van der Waals surface area contributed by atoms with E-state index in [4.69, 9.17) is 10.2 Å². The van der Waals surface area contributed by atoms with Crippen LogP contribution in [0.3, 0.4) is 0 Å². The highest BCUT2D eigenvalue weighted by molar-refractivity contribution is 7.99. The molecule has 0 saturated heterocycles. The molecule has 4 nitrogen and oxygen atoms in total. The van der Waals surface area contributed by atoms with E-state index in [-0.39, 0.29) is 6.17 Å². The minimum absolute atomic E-state index is 0.0843. The van der Waals surface area contributed by atoms with Crippen LogP contribution in [0.25, 0.3) is 33.2 Å². The lowest BCUT2D eigenvalue weighted by atomic mass is 9.67. The molecule has 0 bridgehead atoms. The van der Waals surface area contributed by atoms with Crippen LogP contribution in [0.4, 0.5) is 22.7 Å². The summed E-state index contributed by atoms with van der Waals surface area (Å²) in [6, 6.07) is 57.0. The molecular formula is C46H31N3OS. The molecule has 1 aliphatic carbocycles. The molecule has 2 unspecified atom stereocenters. The van der Waals surface area contributed by atoms with E-state index < -0.39 is 5.41 Å². The predicted octanol–water partition coefficient (Wildman–Crippen LogP) is 11.8. The number of nitrogens with zero attached hydrogens (tertiary/aromatic N) is 1. The molecule has 2 aliphatic heterocycles.